The van der Waals surface area contributed by atoms with Crippen LogP contribution in [0.4, 0.5) is 4.39 Å². The van der Waals surface area contributed by atoms with Gasteiger partial charge < -0.3 is 15.4 Å². The number of nitrogens with zero attached hydrogens (tertiary/aromatic N) is 1. The van der Waals surface area contributed by atoms with Crippen LogP contribution < -0.4 is 10.5 Å². The summed E-state index contributed by atoms with van der Waals surface area (Å²) >= 11 is 0. The maximum Gasteiger partial charge on any atom is 0.260 e. The van der Waals surface area contributed by atoms with E-state index in [0.717, 1.165) is 25.7 Å². The first-order chi connectivity index (χ1) is 9.69. The summed E-state index contributed by atoms with van der Waals surface area (Å²) in [6.45, 7) is 1.03. The number of carbonyl (C=O) groups is 1. The van der Waals surface area contributed by atoms with Crippen molar-refractivity contribution in [2.75, 3.05) is 20.2 Å². The number of hydrogen-bond acceptors (Lipinski definition) is 3. The van der Waals surface area contributed by atoms with E-state index in [9.17, 15) is 9.18 Å². The smallest absolute Gasteiger partial charge is 0.260 e. The Hall–Kier alpha value is -1.62. The van der Waals surface area contributed by atoms with Crippen molar-refractivity contribution in [1.82, 2.24) is 4.90 Å². The zero-order valence-electron chi connectivity index (χ0n) is 11.8. The third-order valence-corrected chi connectivity index (χ3v) is 3.82. The first-order valence-electron chi connectivity index (χ1n) is 7.02. The van der Waals surface area contributed by atoms with Crippen molar-refractivity contribution in [3.05, 3.63) is 29.6 Å². The molecule has 1 saturated heterocycles. The van der Waals surface area contributed by atoms with Crippen LogP contribution in [-0.4, -0.2) is 37.0 Å². The summed E-state index contributed by atoms with van der Waals surface area (Å²) in [6, 6.07) is 4.40. The minimum Gasteiger partial charge on any atom is -0.496 e. The molecule has 2 rings (SSSR count). The van der Waals surface area contributed by atoms with Crippen molar-refractivity contribution in [3.8, 4) is 5.75 Å². The Kier molecular flexibility index (Phi) is 4.95. The van der Waals surface area contributed by atoms with Crippen molar-refractivity contribution in [1.29, 1.82) is 0 Å². The third kappa shape index (κ3) is 2.93. The highest BCUT2D eigenvalue weighted by molar-refractivity contribution is 5.97. The molecular formula is C15H21FN2O2. The Morgan fingerprint density at radius 2 is 2.25 bits per heavy atom. The maximum absolute atomic E-state index is 14.0. The lowest BCUT2D eigenvalue weighted by Gasteiger charge is -2.29. The molecule has 0 spiro atoms. The molecule has 110 valence electrons. The van der Waals surface area contributed by atoms with Gasteiger partial charge in [0.25, 0.3) is 5.91 Å². The molecule has 1 aromatic carbocycles. The first-order valence-corrected chi connectivity index (χ1v) is 7.02. The second kappa shape index (κ2) is 6.70. The highest BCUT2D eigenvalue weighted by atomic mass is 19.1. The molecule has 1 aliphatic heterocycles. The lowest BCUT2D eigenvalue weighted by Crippen LogP contribution is -2.44. The molecule has 1 heterocycles. The minimum atomic E-state index is -0.547. The summed E-state index contributed by atoms with van der Waals surface area (Å²) in [5.41, 5.74) is 5.78. The number of rotatable bonds is 3. The molecule has 0 bridgehead atoms. The number of amides is 1. The number of carbonyl (C=O) groups excluding carboxylic acids is 1. The van der Waals surface area contributed by atoms with Crippen molar-refractivity contribution in [2.45, 2.75) is 31.7 Å². The van der Waals surface area contributed by atoms with E-state index in [1.165, 1.54) is 19.2 Å². The van der Waals surface area contributed by atoms with E-state index in [1.54, 1.807) is 11.0 Å². The number of nitrogens with two attached hydrogens (primary N) is 1. The fourth-order valence-corrected chi connectivity index (χ4v) is 2.72. The van der Waals surface area contributed by atoms with Crippen LogP contribution in [-0.2, 0) is 0 Å². The van der Waals surface area contributed by atoms with E-state index in [1.807, 2.05) is 0 Å². The Morgan fingerprint density at radius 1 is 1.45 bits per heavy atom. The number of halogens is 1. The number of ether oxygens (including phenoxy) is 1. The second-order valence-corrected chi connectivity index (χ2v) is 5.05. The number of hydrogen-bond donors (Lipinski definition) is 1. The second-order valence-electron chi connectivity index (χ2n) is 5.05. The normalized spacial score (nSPS) is 19.6. The monoisotopic (exact) mass is 280 g/mol. The van der Waals surface area contributed by atoms with Gasteiger partial charge in [0.15, 0.2) is 0 Å². The number of methoxy groups -OCH3 is 1. The number of benzene rings is 1. The molecule has 20 heavy (non-hydrogen) atoms. The van der Waals surface area contributed by atoms with Gasteiger partial charge in [-0.3, -0.25) is 4.79 Å². The molecule has 1 fully saturated rings. The van der Waals surface area contributed by atoms with Crippen LogP contribution in [0.3, 0.4) is 0 Å². The Balaban J connectivity index is 2.33. The average molecular weight is 280 g/mol. The van der Waals surface area contributed by atoms with E-state index in [2.05, 4.69) is 0 Å². The zero-order chi connectivity index (χ0) is 14.5. The zero-order valence-corrected chi connectivity index (χ0v) is 11.8. The molecule has 1 amide bonds. The standard InChI is InChI=1S/C15H21FN2O2/c1-20-13-8-5-7-12(16)14(13)15(19)18-9-4-2-3-6-11(18)10-17/h5,7-8,11H,2-4,6,9-10,17H2,1H3. The van der Waals surface area contributed by atoms with E-state index in [0.29, 0.717) is 13.1 Å². The minimum absolute atomic E-state index is 0.00958. The molecule has 0 radical (unpaired) electrons. The van der Waals surface area contributed by atoms with Crippen molar-refractivity contribution < 1.29 is 13.9 Å². The van der Waals surface area contributed by atoms with Crippen LogP contribution >= 0.6 is 0 Å². The summed E-state index contributed by atoms with van der Waals surface area (Å²) < 4.78 is 19.1. The van der Waals surface area contributed by atoms with Crippen molar-refractivity contribution in [2.24, 2.45) is 5.73 Å². The summed E-state index contributed by atoms with van der Waals surface area (Å²) in [4.78, 5) is 14.4. The summed E-state index contributed by atoms with van der Waals surface area (Å²) in [5, 5.41) is 0. The molecule has 5 heteroatoms. The Bertz CT molecular complexity index is 479. The van der Waals surface area contributed by atoms with Gasteiger partial charge in [-0.05, 0) is 25.0 Å². The summed E-state index contributed by atoms with van der Waals surface area (Å²) in [5.74, 6) is -0.596. The molecule has 0 saturated carbocycles. The average Bonchev–Trinajstić information content (AvgIpc) is 2.71. The van der Waals surface area contributed by atoms with Crippen molar-refractivity contribution in [3.63, 3.8) is 0 Å². The molecule has 4 nitrogen and oxygen atoms in total. The Labute approximate surface area is 118 Å². The van der Waals surface area contributed by atoms with Gasteiger partial charge in [-0.1, -0.05) is 18.9 Å². The first kappa shape index (κ1) is 14.8. The predicted molar refractivity (Wildman–Crippen MR) is 75.3 cm³/mol. The molecule has 1 atom stereocenters. The van der Waals surface area contributed by atoms with E-state index >= 15 is 0 Å². The van der Waals surface area contributed by atoms with Crippen LogP contribution in [0, 0.1) is 5.82 Å². The van der Waals surface area contributed by atoms with Crippen LogP contribution in [0.5, 0.6) is 5.75 Å². The predicted octanol–water partition coefficient (Wildman–Crippen LogP) is 2.18. The highest BCUT2D eigenvalue weighted by Crippen LogP contribution is 2.26. The molecule has 1 aromatic rings. The molecule has 0 aromatic heterocycles. The highest BCUT2D eigenvalue weighted by Gasteiger charge is 2.29. The van der Waals surface area contributed by atoms with Crippen LogP contribution in [0.15, 0.2) is 18.2 Å². The maximum atomic E-state index is 14.0. The number of likely N-dealkylation sites (tertiary alicyclic amines) is 1. The lowest BCUT2D eigenvalue weighted by atomic mass is 10.1. The summed E-state index contributed by atoms with van der Waals surface area (Å²) in [7, 11) is 1.44. The molecule has 1 aliphatic rings. The fourth-order valence-electron chi connectivity index (χ4n) is 2.72. The topological polar surface area (TPSA) is 55.6 Å². The van der Waals surface area contributed by atoms with Crippen LogP contribution in [0.25, 0.3) is 0 Å². The van der Waals surface area contributed by atoms with Crippen LogP contribution in [0.2, 0.25) is 0 Å². The van der Waals surface area contributed by atoms with Crippen LogP contribution in [0.1, 0.15) is 36.0 Å². The summed E-state index contributed by atoms with van der Waals surface area (Å²) in [6.07, 6.45) is 3.94. The SMILES string of the molecule is COc1cccc(F)c1C(=O)N1CCCCCC1CN. The molecule has 2 N–H and O–H groups in total. The molecular weight excluding hydrogens is 259 g/mol. The van der Waals surface area contributed by atoms with Gasteiger partial charge in [0.1, 0.15) is 17.1 Å². The van der Waals surface area contributed by atoms with Gasteiger partial charge in [0.05, 0.1) is 7.11 Å². The fraction of sp³-hybridized carbons (Fsp3) is 0.533. The van der Waals surface area contributed by atoms with Gasteiger partial charge in [0, 0.05) is 19.1 Å². The van der Waals surface area contributed by atoms with E-state index in [4.69, 9.17) is 10.5 Å². The third-order valence-electron chi connectivity index (χ3n) is 3.82. The van der Waals surface area contributed by atoms with Gasteiger partial charge in [-0.2, -0.15) is 0 Å². The lowest BCUT2D eigenvalue weighted by molar-refractivity contribution is 0.0680. The van der Waals surface area contributed by atoms with Gasteiger partial charge in [-0.25, -0.2) is 4.39 Å². The van der Waals surface area contributed by atoms with E-state index in [-0.39, 0.29) is 23.3 Å². The molecule has 0 aliphatic carbocycles. The molecule has 1 unspecified atom stereocenters. The van der Waals surface area contributed by atoms with Crippen molar-refractivity contribution >= 4 is 5.91 Å². The largest absolute Gasteiger partial charge is 0.496 e. The van der Waals surface area contributed by atoms with E-state index < -0.39 is 5.82 Å². The Morgan fingerprint density at radius 3 is 2.95 bits per heavy atom. The van der Waals surface area contributed by atoms with Gasteiger partial charge >= 0.3 is 0 Å². The quantitative estimate of drug-likeness (QED) is 0.923. The van der Waals surface area contributed by atoms with Gasteiger partial charge in [-0.15, -0.1) is 0 Å². The van der Waals surface area contributed by atoms with Gasteiger partial charge in [0.2, 0.25) is 0 Å².